The van der Waals surface area contributed by atoms with Crippen LogP contribution in [0, 0.1) is 26.6 Å². The number of carbonyl (C=O) groups is 8. The zero-order valence-electron chi connectivity index (χ0n) is 71.3. The van der Waals surface area contributed by atoms with Gasteiger partial charge < -0.3 is 88.4 Å². The van der Waals surface area contributed by atoms with Gasteiger partial charge in [-0.05, 0) is 178 Å². The van der Waals surface area contributed by atoms with Gasteiger partial charge in [-0.3, -0.25) is 28.8 Å². The van der Waals surface area contributed by atoms with E-state index in [-0.39, 0.29) is 64.4 Å². The van der Waals surface area contributed by atoms with E-state index in [4.69, 9.17) is 86.4 Å². The van der Waals surface area contributed by atoms with Crippen molar-refractivity contribution in [2.75, 3.05) is 54.9 Å². The lowest BCUT2D eigenvalue weighted by molar-refractivity contribution is -0.139. The van der Waals surface area contributed by atoms with Crippen LogP contribution in [0.25, 0.3) is 43.6 Å². The van der Waals surface area contributed by atoms with Crippen molar-refractivity contribution in [1.29, 1.82) is 0 Å². The number of aliphatic carboxylic acids is 2. The summed E-state index contributed by atoms with van der Waals surface area (Å²) >= 11 is 31.9. The fourth-order valence-electron chi connectivity index (χ4n) is 17.0. The van der Waals surface area contributed by atoms with Crippen LogP contribution in [0.1, 0.15) is 183 Å². The molecule has 12 aromatic rings. The third-order valence-electron chi connectivity index (χ3n) is 24.9. The third kappa shape index (κ3) is 17.1. The minimum absolute atomic E-state index is 0.0105. The normalized spacial score (nSPS) is 15.3. The molecule has 660 valence electrons. The summed E-state index contributed by atoms with van der Waals surface area (Å²) in [5.41, 5.74) is 10.0. The fraction of sp³-hybridized carbons (Fsp3) is 0.319. The predicted molar refractivity (Wildman–Crippen MR) is 479 cm³/mol. The number of halogens is 6. The highest BCUT2D eigenvalue weighted by molar-refractivity contribution is 6.46. The highest BCUT2D eigenvalue weighted by Gasteiger charge is 2.47. The third-order valence-corrected chi connectivity index (χ3v) is 27.0. The average molecular weight is 1820 g/mol. The SMILES string of the molecule is CCC(C(=O)O)c1ccc(C2(NC(=O)c3cc4c(Cl)c(OC)ccc4n3C)CCC2)cc1.COc1cc2c(cc(C(=O)NC3(c4ccc(C(=O)O)cc4C)COC3)n2C)c(Cl)c1C.COc1cc2c(cc(C(=O)NC3(c4ccc(C(=O)O)cc4C)COC3)n2C)c(Cl)c1F.COc1cc2c(cc(C(=O)NC3(c4ccc(C(C)C(=O)O)cc4)CCC3)n2C)c(Cl)c1Cl. The van der Waals surface area contributed by atoms with Crippen molar-refractivity contribution in [3.05, 3.63) is 254 Å². The first kappa shape index (κ1) is 91.9. The summed E-state index contributed by atoms with van der Waals surface area (Å²) in [6.45, 7) is 10.1. The first-order chi connectivity index (χ1) is 59.8. The number of carboxylic acid groups (broad SMARTS) is 4. The summed E-state index contributed by atoms with van der Waals surface area (Å²) in [5, 5.41) is 53.9. The van der Waals surface area contributed by atoms with Gasteiger partial charge in [-0.15, -0.1) is 0 Å². The van der Waals surface area contributed by atoms with Crippen molar-refractivity contribution < 1.29 is 91.6 Å². The van der Waals surface area contributed by atoms with Crippen molar-refractivity contribution in [2.45, 2.75) is 114 Å². The Hall–Kier alpha value is -11.8. The molecule has 2 aliphatic heterocycles. The summed E-state index contributed by atoms with van der Waals surface area (Å²) in [6, 6.07) is 40.4. The summed E-state index contributed by atoms with van der Waals surface area (Å²) in [6.07, 6.45) is 5.87. The molecule has 16 rings (SSSR count). The number of aromatic carboxylic acids is 2. The minimum Gasteiger partial charge on any atom is -0.496 e. The van der Waals surface area contributed by atoms with Crippen LogP contribution in [-0.4, -0.2) is 141 Å². The molecule has 8 N–H and O–H groups in total. The molecular weight excluding hydrogens is 1730 g/mol. The number of aromatic nitrogens is 4. The molecule has 2 saturated carbocycles. The number of hydrogen-bond donors (Lipinski definition) is 8. The number of nitrogens with one attached hydrogen (secondary N) is 4. The molecule has 26 nitrogen and oxygen atoms in total. The first-order valence-electron chi connectivity index (χ1n) is 40.3. The second-order valence-electron chi connectivity index (χ2n) is 32.2. The van der Waals surface area contributed by atoms with Crippen molar-refractivity contribution in [3.63, 3.8) is 0 Å². The van der Waals surface area contributed by atoms with Crippen molar-refractivity contribution in [2.24, 2.45) is 28.2 Å². The maximum atomic E-state index is 14.3. The molecule has 0 spiro atoms. The van der Waals surface area contributed by atoms with Crippen LogP contribution in [-0.2, 0) is 69.4 Å². The van der Waals surface area contributed by atoms with E-state index >= 15 is 0 Å². The predicted octanol–water partition coefficient (Wildman–Crippen LogP) is 18.2. The van der Waals surface area contributed by atoms with Crippen molar-refractivity contribution >= 4 is 149 Å². The Morgan fingerprint density at radius 2 is 0.786 bits per heavy atom. The molecule has 2 unspecified atom stereocenters. The Kier molecular flexibility index (Phi) is 26.7. The quantitative estimate of drug-likeness (QED) is 0.0295. The first-order valence-corrected chi connectivity index (χ1v) is 42.2. The maximum absolute atomic E-state index is 14.3. The average Bonchev–Trinajstić information content (AvgIpc) is 1.43. The largest absolute Gasteiger partial charge is 0.496 e. The number of benzene rings is 8. The van der Waals surface area contributed by atoms with E-state index in [0.29, 0.717) is 90.3 Å². The number of fused-ring (bicyclic) bond motifs is 4. The van der Waals surface area contributed by atoms with Gasteiger partial charge in [0, 0.05) is 73.5 Å². The van der Waals surface area contributed by atoms with Crippen LogP contribution in [0.5, 0.6) is 23.0 Å². The number of carbonyl (C=O) groups excluding carboxylic acids is 4. The number of amides is 4. The van der Waals surface area contributed by atoms with Crippen LogP contribution >= 0.6 is 58.0 Å². The van der Waals surface area contributed by atoms with Crippen LogP contribution < -0.4 is 40.2 Å². The molecule has 4 aromatic heterocycles. The lowest BCUT2D eigenvalue weighted by atomic mass is 9.71. The minimum atomic E-state index is -1.02. The van der Waals surface area contributed by atoms with Gasteiger partial charge in [0.2, 0.25) is 0 Å². The summed E-state index contributed by atoms with van der Waals surface area (Å²) in [5.74, 6) is -4.86. The van der Waals surface area contributed by atoms with Gasteiger partial charge in [0.05, 0.1) is 131 Å². The number of carboxylic acids is 4. The molecule has 2 atom stereocenters. The van der Waals surface area contributed by atoms with E-state index in [1.165, 1.54) is 32.4 Å². The molecule has 2 aliphatic carbocycles. The summed E-state index contributed by atoms with van der Waals surface area (Å²) in [7, 11) is 13.1. The monoisotopic (exact) mass is 1820 g/mol. The van der Waals surface area contributed by atoms with E-state index in [1.807, 2.05) is 93.0 Å². The summed E-state index contributed by atoms with van der Waals surface area (Å²) in [4.78, 5) is 98.4. The Morgan fingerprint density at radius 3 is 1.13 bits per heavy atom. The van der Waals surface area contributed by atoms with Gasteiger partial charge >= 0.3 is 23.9 Å². The molecule has 6 heterocycles. The molecule has 0 radical (unpaired) electrons. The Morgan fingerprint density at radius 1 is 0.421 bits per heavy atom. The molecule has 0 bridgehead atoms. The number of nitrogens with zero attached hydrogens (tertiary/aromatic N) is 4. The van der Waals surface area contributed by atoms with Crippen LogP contribution in [0.15, 0.2) is 140 Å². The Balaban J connectivity index is 0.000000144. The van der Waals surface area contributed by atoms with Crippen LogP contribution in [0.2, 0.25) is 25.1 Å². The highest BCUT2D eigenvalue weighted by atomic mass is 35.5. The Bertz CT molecular complexity index is 6190. The highest BCUT2D eigenvalue weighted by Crippen LogP contribution is 2.47. The van der Waals surface area contributed by atoms with E-state index in [0.717, 1.165) is 116 Å². The molecule has 4 amide bonds. The second kappa shape index (κ2) is 36.6. The molecule has 4 aliphatic rings. The lowest BCUT2D eigenvalue weighted by Crippen LogP contribution is -2.59. The van der Waals surface area contributed by atoms with Crippen LogP contribution in [0.4, 0.5) is 4.39 Å². The topological polar surface area (TPSA) is 341 Å². The lowest BCUT2D eigenvalue weighted by Gasteiger charge is -2.43. The van der Waals surface area contributed by atoms with Gasteiger partial charge in [-0.2, -0.15) is 0 Å². The zero-order chi connectivity index (χ0) is 91.2. The fourth-order valence-corrected chi connectivity index (χ4v) is 18.3. The van der Waals surface area contributed by atoms with Crippen molar-refractivity contribution in [1.82, 2.24) is 39.5 Å². The van der Waals surface area contributed by atoms with Gasteiger partial charge in [0.15, 0.2) is 11.6 Å². The number of rotatable bonds is 23. The second-order valence-corrected chi connectivity index (χ2v) is 34.1. The molecule has 8 aromatic carbocycles. The molecular formula is C94H94Cl5FN8O18. The van der Waals surface area contributed by atoms with Gasteiger partial charge in [-0.25, -0.2) is 14.0 Å². The van der Waals surface area contributed by atoms with Gasteiger partial charge in [-0.1, -0.05) is 126 Å². The van der Waals surface area contributed by atoms with E-state index in [2.05, 4.69) is 21.3 Å². The van der Waals surface area contributed by atoms with E-state index in [9.17, 15) is 63.2 Å². The standard InChI is InChI=1S/C25H27ClN2O4.C24H24Cl2N2O4.C23H23ClN2O5.C22H20ClFN2O5/c1-4-17(24(30)31)15-6-8-16(9-7-15)25(12-5-13-25)27-23(29)20-14-18-19(28(20)2)10-11-21(32-3)22(18)26;1-13(23(30)31)14-5-7-15(8-6-14)24(9-4-10-24)27-22(29)18-11-16-17(28(18)2)12-19(32-3)21(26)20(16)25;1-12-7-14(22(28)29)5-6-16(12)23(10-31-11-23)25-21(27)18-8-15-17(26(18)3)9-19(30-4)13(2)20(15)24;1-11-6-12(21(28)29)4-5-14(11)22(9-31-10-22)25-20(27)16-7-13-15(26(16)2)8-17(30-3)19(24)18(13)23/h6-11,14,17H,4-5,12-13H2,1-3H3,(H,27,29)(H,30,31);5-8,11-13H,4,9-10H2,1-3H3,(H,27,29)(H,30,31);5-9H,10-11H2,1-4H3,(H,25,27)(H,28,29);4-8H,9-10H2,1-3H3,(H,25,27)(H,28,29). The smallest absolute Gasteiger partial charge is 0.335 e. The Labute approximate surface area is 749 Å². The molecule has 2 saturated heterocycles. The molecule has 4 fully saturated rings. The van der Waals surface area contributed by atoms with E-state index in [1.54, 1.807) is 124 Å². The van der Waals surface area contributed by atoms with Crippen molar-refractivity contribution in [3.8, 4) is 23.0 Å². The maximum Gasteiger partial charge on any atom is 0.335 e. The van der Waals surface area contributed by atoms with E-state index < -0.39 is 63.7 Å². The molecule has 32 heteroatoms. The van der Waals surface area contributed by atoms with Gasteiger partial charge in [0.1, 0.15) is 56.1 Å². The number of ether oxygens (including phenoxy) is 6. The summed E-state index contributed by atoms with van der Waals surface area (Å²) < 4.78 is 53.2. The number of methoxy groups -OCH3 is 4. The van der Waals surface area contributed by atoms with Gasteiger partial charge in [0.25, 0.3) is 23.6 Å². The molecule has 126 heavy (non-hydrogen) atoms. The number of aryl methyl sites for hydroxylation is 6. The van der Waals surface area contributed by atoms with Crippen LogP contribution in [0.3, 0.4) is 0 Å². The number of hydrogen-bond acceptors (Lipinski definition) is 14. The zero-order valence-corrected chi connectivity index (χ0v) is 75.1.